The first kappa shape index (κ1) is 92.7. The van der Waals surface area contributed by atoms with Crippen LogP contribution in [0.15, 0.2) is 352 Å². The highest BCUT2D eigenvalue weighted by atomic mass is 79.9. The van der Waals surface area contributed by atoms with Crippen LogP contribution in [0.5, 0.6) is 34.5 Å². The summed E-state index contributed by atoms with van der Waals surface area (Å²) < 4.78 is 68.2. The van der Waals surface area contributed by atoms with Gasteiger partial charge in [0.05, 0.1) is 48.0 Å². The number of aryl methyl sites for hydroxylation is 4. The zero-order valence-corrected chi connectivity index (χ0v) is 78.5. The van der Waals surface area contributed by atoms with Gasteiger partial charge in [-0.15, -0.1) is 0 Å². The van der Waals surface area contributed by atoms with Crippen molar-refractivity contribution < 1.29 is 55.6 Å². The van der Waals surface area contributed by atoms with Crippen LogP contribution in [0.3, 0.4) is 0 Å². The van der Waals surface area contributed by atoms with Crippen LogP contribution >= 0.6 is 62.3 Å². The number of ether oxygens (including phenoxy) is 6. The van der Waals surface area contributed by atoms with Gasteiger partial charge in [0.1, 0.15) is 71.1 Å². The van der Waals surface area contributed by atoms with Crippen molar-refractivity contribution in [3.63, 3.8) is 0 Å². The molecule has 6 atom stereocenters. The predicted molar refractivity (Wildman–Crippen MR) is 530 cm³/mol. The third kappa shape index (κ3) is 22.2. The number of benzene rings is 12. The maximum atomic E-state index is 11.1. The Kier molecular flexibility index (Phi) is 28.1. The van der Waals surface area contributed by atoms with E-state index in [1.165, 1.54) is 86.5 Å². The van der Waals surface area contributed by atoms with Crippen molar-refractivity contribution in [2.24, 2.45) is 0 Å². The highest BCUT2D eigenvalue weighted by molar-refractivity contribution is 9.10. The minimum absolute atomic E-state index is 0.0188. The van der Waals surface area contributed by atoms with Gasteiger partial charge in [0, 0.05) is 63.5 Å². The molecule has 0 spiro atoms. The van der Waals surface area contributed by atoms with Gasteiger partial charge in [0.15, 0.2) is 34.6 Å². The van der Waals surface area contributed by atoms with Crippen molar-refractivity contribution in [2.45, 2.75) is 114 Å². The highest BCUT2D eigenvalue weighted by Gasteiger charge is 2.32. The van der Waals surface area contributed by atoms with E-state index in [4.69, 9.17) is 102 Å². The topological polar surface area (TPSA) is 355 Å². The van der Waals surface area contributed by atoms with Gasteiger partial charge in [-0.1, -0.05) is 117 Å². The molecule has 698 valence electrons. The summed E-state index contributed by atoms with van der Waals surface area (Å²) >= 11 is 28.2. The Labute approximate surface area is 820 Å². The largest absolute Gasteiger partial charge is 0.486 e. The van der Waals surface area contributed by atoms with Crippen LogP contribution in [0, 0.1) is 11.3 Å². The number of nitriles is 1. The Hall–Kier alpha value is -15.4. The molecule has 18 aromatic rings. The molecule has 6 heterocycles. The number of aromatic nitrogens is 6. The lowest BCUT2D eigenvalue weighted by Crippen LogP contribution is -2.04. The van der Waals surface area contributed by atoms with Crippen LogP contribution in [-0.2, 0) is 38.5 Å². The van der Waals surface area contributed by atoms with Gasteiger partial charge in [0.25, 0.3) is 33.4 Å². The summed E-state index contributed by atoms with van der Waals surface area (Å²) in [6.45, 7) is 0. The lowest BCUT2D eigenvalue weighted by Gasteiger charge is -2.16. The molecule has 139 heavy (non-hydrogen) atoms. The van der Waals surface area contributed by atoms with Crippen LogP contribution in [0.2, 0.25) is 20.1 Å². The monoisotopic (exact) mass is 2000 g/mol. The van der Waals surface area contributed by atoms with E-state index in [1.54, 1.807) is 0 Å². The number of halogens is 5. The summed E-state index contributed by atoms with van der Waals surface area (Å²) in [5, 5.41) is 26.0. The smallest absolute Gasteiger partial charge is 0.280 e. The number of aromatic amines is 6. The molecule has 24 rings (SSSR count). The molecular weight excluding hydrogens is 1920 g/mol. The van der Waals surface area contributed by atoms with Gasteiger partial charge >= 0.3 is 0 Å². The molecule has 0 bridgehead atoms. The van der Waals surface area contributed by atoms with E-state index >= 15 is 0 Å². The summed E-state index contributed by atoms with van der Waals surface area (Å²) in [5.41, 5.74) is 18.6. The van der Waals surface area contributed by atoms with Crippen molar-refractivity contribution >= 4 is 62.3 Å². The molecule has 0 saturated heterocycles. The van der Waals surface area contributed by atoms with Crippen molar-refractivity contribution in [3.05, 3.63) is 450 Å². The zero-order valence-electron chi connectivity index (χ0n) is 73.8. The van der Waals surface area contributed by atoms with Gasteiger partial charge < -0.3 is 55.6 Å². The van der Waals surface area contributed by atoms with Crippen molar-refractivity contribution in [1.29, 1.82) is 5.26 Å². The number of rotatable bonds is 18. The van der Waals surface area contributed by atoms with E-state index in [0.717, 1.165) is 192 Å². The zero-order chi connectivity index (χ0) is 95.6. The third-order valence-corrected chi connectivity index (χ3v) is 26.3. The average molecular weight is 2000 g/mol. The van der Waals surface area contributed by atoms with Crippen LogP contribution in [0.25, 0.3) is 67.9 Å². The van der Waals surface area contributed by atoms with E-state index in [0.29, 0.717) is 34.6 Å². The van der Waals surface area contributed by atoms with E-state index < -0.39 is 0 Å². The number of H-pyrrole nitrogens is 6. The number of fused-ring (bicyclic) bond motifs is 6. The second-order valence-electron chi connectivity index (χ2n) is 33.6. The molecule has 6 N–H and O–H groups in total. The van der Waals surface area contributed by atoms with Crippen LogP contribution in [0.4, 0.5) is 0 Å². The van der Waals surface area contributed by atoms with Gasteiger partial charge in [-0.05, 0) is 338 Å². The molecule has 6 aromatic heterocycles. The molecule has 6 unspecified atom stereocenters. The summed E-state index contributed by atoms with van der Waals surface area (Å²) in [4.78, 5) is 66.7. The Morgan fingerprint density at radius 2 is 0.576 bits per heavy atom. The van der Waals surface area contributed by atoms with Crippen LogP contribution in [-0.4, -0.2) is 30.9 Å². The van der Waals surface area contributed by atoms with Crippen LogP contribution in [0.1, 0.15) is 147 Å². The fourth-order valence-electron chi connectivity index (χ4n) is 18.0. The first-order chi connectivity index (χ1) is 67.7. The molecule has 0 saturated carbocycles. The van der Waals surface area contributed by atoms with Gasteiger partial charge in [-0.2, -0.15) is 36.2 Å². The van der Waals surface area contributed by atoms with E-state index in [9.17, 15) is 34.0 Å². The highest BCUT2D eigenvalue weighted by Crippen LogP contribution is 2.45. The van der Waals surface area contributed by atoms with Crippen molar-refractivity contribution in [2.75, 3.05) is 0 Å². The first-order valence-electron chi connectivity index (χ1n) is 44.9. The van der Waals surface area contributed by atoms with Crippen molar-refractivity contribution in [1.82, 2.24) is 30.9 Å². The van der Waals surface area contributed by atoms with Gasteiger partial charge in [0.2, 0.25) is 0 Å². The minimum atomic E-state index is -0.263. The predicted octanol–water partition coefficient (Wildman–Crippen LogP) is 25.5. The molecule has 6 aliphatic rings. The second-order valence-corrected chi connectivity index (χ2v) is 36.2. The lowest BCUT2D eigenvalue weighted by molar-refractivity contribution is 0.207. The number of nitrogens with zero attached hydrogens (tertiary/aromatic N) is 1. The SMILES string of the molecule is N#Cc1cccc2c1CCC2Oc1ccc(-c2cc(=O)[nH]o2)cc1.O=c1cc(-c2ccc(OC3CCc4c(Cl)cccc43)cc2)o[nH]1.O=c1cc(-c2ccc(OC3CCc4cc(Br)ccc43)cc2)o[nH]1.O=c1cc(-c2ccc(OC3CCc4cc(Cl)ccc43)cc2)o[nH]1.O=c1cc(-c2ccc(OC3CCc4ccc(Cl)cc43)cc2)o[nH]1.O=c1cc(-c2ccc(OC3CCc4cccc(Cl)c43)cc2)o[nH]1. The van der Waals surface area contributed by atoms with Crippen molar-refractivity contribution in [3.8, 4) is 109 Å². The quantitative estimate of drug-likeness (QED) is 0.0465. The molecule has 0 amide bonds. The van der Waals surface area contributed by atoms with E-state index in [2.05, 4.69) is 89.3 Å². The number of hydrogen-bond acceptors (Lipinski definition) is 19. The standard InChI is InChI=1S/C19H14N2O3.C18H14BrNO3.4C18H14ClNO3/c20-11-13-2-1-3-16-15(13)8-9-17(16)23-14-6-4-12(5-7-14)18-10-19(22)21-24-18;2*19-13-4-7-15-12(9-13)3-8-16(15)22-14-5-1-11(2-6-14)17-10-18(21)20-23-17;19-13-5-1-11-4-8-16(15(11)9-13)22-14-6-2-12(3-7-14)17-10-18(21)20-23-17;19-14-3-1-2-12-6-9-15(18(12)14)22-13-7-4-11(5-8-13)16-10-17(21)20-23-16;19-15-3-1-2-14-13(15)8-9-16(14)22-12-6-4-11(5-7-12)17-10-18(21)20-23-17/h1-7,10,17H,8-9H2,(H,21,22);2*1-2,4-7,9-10,16H,3,8H2,(H,20,21);1-3,5-7,9-10,16H,4,8H2,(H,20,21);1-5,7-8,10,15H,6,9H2,(H,20,21);1-7,10,16H,8-9H2,(H,20,21). The van der Waals surface area contributed by atoms with Crippen LogP contribution < -0.4 is 61.8 Å². The fourth-order valence-corrected chi connectivity index (χ4v) is 19.3. The molecule has 0 fully saturated rings. The minimum Gasteiger partial charge on any atom is -0.486 e. The Balaban J connectivity index is 0.000000106. The Bertz CT molecular complexity index is 7590. The maximum absolute atomic E-state index is 11.1. The second kappa shape index (κ2) is 42.1. The number of hydrogen-bond donors (Lipinski definition) is 6. The normalized spacial score (nSPS) is 16.2. The van der Waals surface area contributed by atoms with E-state index in [-0.39, 0.29) is 70.0 Å². The lowest BCUT2D eigenvalue weighted by atomic mass is 10.0. The Morgan fingerprint density at radius 1 is 0.273 bits per heavy atom. The molecule has 25 nitrogen and oxygen atoms in total. The average Bonchev–Trinajstić information content (AvgIpc) is 1.61. The molecule has 6 aliphatic carbocycles. The fraction of sp³-hybridized carbons (Fsp3) is 0.165. The summed E-state index contributed by atoms with van der Waals surface area (Å²) in [7, 11) is 0. The summed E-state index contributed by atoms with van der Waals surface area (Å²) in [6, 6.07) is 91.7. The van der Waals surface area contributed by atoms with Gasteiger partial charge in [-0.3, -0.25) is 28.8 Å². The molecule has 12 aromatic carbocycles. The van der Waals surface area contributed by atoms with E-state index in [1.807, 2.05) is 218 Å². The van der Waals surface area contributed by atoms with Gasteiger partial charge in [-0.25, -0.2) is 0 Å². The number of nitrogens with one attached hydrogen (secondary N) is 6. The molecule has 30 heteroatoms. The maximum Gasteiger partial charge on any atom is 0.280 e. The summed E-state index contributed by atoms with van der Waals surface area (Å²) in [5.74, 6) is 7.76. The Morgan fingerprint density at radius 3 is 0.971 bits per heavy atom. The first-order valence-corrected chi connectivity index (χ1v) is 47.2. The third-order valence-electron chi connectivity index (χ3n) is 24.7. The molecular formula is C109H84BrCl4N7O18. The molecule has 0 radical (unpaired) electrons. The molecule has 0 aliphatic heterocycles. The summed E-state index contributed by atoms with van der Waals surface area (Å²) in [6.07, 6.45) is 11.5.